The summed E-state index contributed by atoms with van der Waals surface area (Å²) in [6.07, 6.45) is 5.76. The highest BCUT2D eigenvalue weighted by Gasteiger charge is 2.47. The van der Waals surface area contributed by atoms with Crippen LogP contribution in [0.5, 0.6) is 0 Å². The zero-order valence-corrected chi connectivity index (χ0v) is 12.9. The molecule has 6 nitrogen and oxygen atoms in total. The number of hydrogen-bond donors (Lipinski definition) is 0. The van der Waals surface area contributed by atoms with E-state index in [1.54, 1.807) is 7.05 Å². The van der Waals surface area contributed by atoms with Crippen LogP contribution in [0.3, 0.4) is 0 Å². The highest BCUT2D eigenvalue weighted by atomic mass is 32.2. The summed E-state index contributed by atoms with van der Waals surface area (Å²) in [4.78, 5) is 27.8. The van der Waals surface area contributed by atoms with Crippen LogP contribution >= 0.6 is 0 Å². The number of imide groups is 1. The van der Waals surface area contributed by atoms with Crippen molar-refractivity contribution < 1.29 is 18.0 Å². The van der Waals surface area contributed by atoms with Gasteiger partial charge in [0.15, 0.2) is 9.84 Å². The molecule has 0 unspecified atom stereocenters. The Hall–Kier alpha value is -1.21. The Morgan fingerprint density at radius 1 is 1.19 bits per heavy atom. The van der Waals surface area contributed by atoms with Gasteiger partial charge in [-0.3, -0.25) is 19.4 Å². The monoisotopic (exact) mass is 312 g/mol. The number of likely N-dealkylation sites (tertiary alicyclic amines) is 1. The molecule has 3 aliphatic rings. The first-order valence-corrected chi connectivity index (χ1v) is 9.12. The van der Waals surface area contributed by atoms with Gasteiger partial charge in [-0.1, -0.05) is 12.2 Å². The third kappa shape index (κ3) is 2.64. The Balaban J connectivity index is 1.68. The molecule has 0 bridgehead atoms. The molecule has 0 aromatic carbocycles. The van der Waals surface area contributed by atoms with Crippen LogP contribution in [0.4, 0.5) is 0 Å². The number of sulfone groups is 1. The highest BCUT2D eigenvalue weighted by molar-refractivity contribution is 7.91. The lowest BCUT2D eigenvalue weighted by molar-refractivity contribution is -0.142. The quantitative estimate of drug-likeness (QED) is 0.542. The van der Waals surface area contributed by atoms with E-state index >= 15 is 0 Å². The van der Waals surface area contributed by atoms with Crippen LogP contribution in [0.1, 0.15) is 19.3 Å². The molecule has 2 amide bonds. The van der Waals surface area contributed by atoms with Crippen molar-refractivity contribution in [3.63, 3.8) is 0 Å². The molecule has 2 aliphatic heterocycles. The van der Waals surface area contributed by atoms with E-state index in [0.29, 0.717) is 19.3 Å². The number of hydrogen-bond acceptors (Lipinski definition) is 5. The van der Waals surface area contributed by atoms with Gasteiger partial charge in [-0.15, -0.1) is 0 Å². The number of allylic oxidation sites excluding steroid dienone is 2. The molecule has 0 spiro atoms. The van der Waals surface area contributed by atoms with Crippen molar-refractivity contribution in [1.82, 2.24) is 9.80 Å². The van der Waals surface area contributed by atoms with E-state index in [4.69, 9.17) is 0 Å². The van der Waals surface area contributed by atoms with Gasteiger partial charge in [-0.05, 0) is 26.3 Å². The minimum Gasteiger partial charge on any atom is -0.285 e. The van der Waals surface area contributed by atoms with Crippen LogP contribution in [-0.2, 0) is 19.4 Å². The zero-order chi connectivity index (χ0) is 15.2. The van der Waals surface area contributed by atoms with E-state index in [0.717, 1.165) is 0 Å². The molecular weight excluding hydrogens is 292 g/mol. The number of carbonyl (C=O) groups is 2. The van der Waals surface area contributed by atoms with Crippen molar-refractivity contribution in [3.8, 4) is 0 Å². The van der Waals surface area contributed by atoms with Crippen molar-refractivity contribution in [3.05, 3.63) is 12.2 Å². The lowest BCUT2D eigenvalue weighted by Gasteiger charge is -2.27. The predicted octanol–water partition coefficient (Wildman–Crippen LogP) is 0.0140. The first kappa shape index (κ1) is 14.7. The largest absolute Gasteiger partial charge is 0.285 e. The standard InChI is InChI=1S/C14H20N2O4S/c1-15(10-6-7-21(19,20)8-10)9-16-13(17)11-4-2-3-5-12(11)14(16)18/h2-3,10-12H,4-9H2,1H3/t10-,11-,12+/m1/s1. The fraction of sp³-hybridized carbons (Fsp3) is 0.714. The molecule has 7 heteroatoms. The zero-order valence-electron chi connectivity index (χ0n) is 12.1. The third-order valence-corrected chi connectivity index (χ3v) is 6.55. The number of nitrogens with zero attached hydrogens (tertiary/aromatic N) is 2. The number of fused-ring (bicyclic) bond motifs is 1. The summed E-state index contributed by atoms with van der Waals surface area (Å²) in [5, 5.41) is 0. The fourth-order valence-electron chi connectivity index (χ4n) is 3.47. The molecule has 2 heterocycles. The van der Waals surface area contributed by atoms with Crippen molar-refractivity contribution in [2.45, 2.75) is 25.3 Å². The van der Waals surface area contributed by atoms with E-state index in [1.165, 1.54) is 4.90 Å². The van der Waals surface area contributed by atoms with Crippen molar-refractivity contribution in [1.29, 1.82) is 0 Å². The normalized spacial score (nSPS) is 34.8. The topological polar surface area (TPSA) is 74.8 Å². The molecule has 1 aliphatic carbocycles. The summed E-state index contributed by atoms with van der Waals surface area (Å²) >= 11 is 0. The van der Waals surface area contributed by atoms with Crippen LogP contribution in [0.15, 0.2) is 12.2 Å². The molecule has 0 saturated carbocycles. The number of rotatable bonds is 3. The smallest absolute Gasteiger partial charge is 0.234 e. The summed E-state index contributed by atoms with van der Waals surface area (Å²) in [5.41, 5.74) is 0. The second-order valence-electron chi connectivity index (χ2n) is 6.22. The maximum atomic E-state index is 12.4. The van der Waals surface area contributed by atoms with Gasteiger partial charge in [0.1, 0.15) is 0 Å². The lowest BCUT2D eigenvalue weighted by Crippen LogP contribution is -2.44. The molecule has 116 valence electrons. The molecule has 0 radical (unpaired) electrons. The van der Waals surface area contributed by atoms with Gasteiger partial charge >= 0.3 is 0 Å². The summed E-state index contributed by atoms with van der Waals surface area (Å²) in [6.45, 7) is 0.199. The maximum absolute atomic E-state index is 12.4. The molecule has 0 aromatic heterocycles. The van der Waals surface area contributed by atoms with E-state index < -0.39 is 9.84 Å². The summed E-state index contributed by atoms with van der Waals surface area (Å²) in [5.74, 6) is -0.344. The van der Waals surface area contributed by atoms with Crippen LogP contribution in [0, 0.1) is 11.8 Å². The highest BCUT2D eigenvalue weighted by Crippen LogP contribution is 2.35. The maximum Gasteiger partial charge on any atom is 0.234 e. The molecule has 3 rings (SSSR count). The molecule has 21 heavy (non-hydrogen) atoms. The lowest BCUT2D eigenvalue weighted by atomic mass is 9.85. The minimum absolute atomic E-state index is 0.101. The van der Waals surface area contributed by atoms with Crippen molar-refractivity contribution >= 4 is 21.7 Å². The summed E-state index contributed by atoms with van der Waals surface area (Å²) < 4.78 is 23.1. The molecule has 0 aromatic rings. The van der Waals surface area contributed by atoms with Gasteiger partial charge < -0.3 is 0 Å². The van der Waals surface area contributed by atoms with E-state index in [-0.39, 0.29) is 47.9 Å². The van der Waals surface area contributed by atoms with Gasteiger partial charge in [0.2, 0.25) is 11.8 Å². The van der Waals surface area contributed by atoms with Gasteiger partial charge in [0.25, 0.3) is 0 Å². The van der Waals surface area contributed by atoms with Crippen molar-refractivity contribution in [2.24, 2.45) is 11.8 Å². The van der Waals surface area contributed by atoms with Crippen LogP contribution in [-0.4, -0.2) is 61.3 Å². The molecular formula is C14H20N2O4S. The average molecular weight is 312 g/mol. The molecule has 2 fully saturated rings. The second kappa shape index (κ2) is 5.21. The summed E-state index contributed by atoms with van der Waals surface area (Å²) in [7, 11) is -1.18. The van der Waals surface area contributed by atoms with Gasteiger partial charge in [0, 0.05) is 6.04 Å². The average Bonchev–Trinajstić information content (AvgIpc) is 2.93. The van der Waals surface area contributed by atoms with Gasteiger partial charge in [-0.2, -0.15) is 0 Å². The van der Waals surface area contributed by atoms with E-state index in [1.807, 2.05) is 17.1 Å². The Bertz CT molecular complexity index is 572. The first-order chi connectivity index (χ1) is 9.89. The van der Waals surface area contributed by atoms with Gasteiger partial charge in [0.05, 0.1) is 30.0 Å². The second-order valence-corrected chi connectivity index (χ2v) is 8.44. The van der Waals surface area contributed by atoms with Crippen LogP contribution < -0.4 is 0 Å². The molecule has 0 N–H and O–H groups in total. The minimum atomic E-state index is -2.96. The van der Waals surface area contributed by atoms with E-state index in [9.17, 15) is 18.0 Å². The molecule has 2 saturated heterocycles. The van der Waals surface area contributed by atoms with Crippen LogP contribution in [0.2, 0.25) is 0 Å². The van der Waals surface area contributed by atoms with Gasteiger partial charge in [-0.25, -0.2) is 8.42 Å². The fourth-order valence-corrected chi connectivity index (χ4v) is 5.28. The first-order valence-electron chi connectivity index (χ1n) is 7.30. The number of amides is 2. The SMILES string of the molecule is CN(CN1C(=O)[C@H]2CC=CC[C@H]2C1=O)[C@@H]1CCS(=O)(=O)C1. The Morgan fingerprint density at radius 3 is 2.24 bits per heavy atom. The summed E-state index contributed by atoms with van der Waals surface area (Å²) in [6, 6.07) is -0.101. The Labute approximate surface area is 124 Å². The Morgan fingerprint density at radius 2 is 1.76 bits per heavy atom. The number of carbonyl (C=O) groups excluding carboxylic acids is 2. The van der Waals surface area contributed by atoms with Crippen LogP contribution in [0.25, 0.3) is 0 Å². The third-order valence-electron chi connectivity index (χ3n) is 4.80. The Kier molecular flexibility index (Phi) is 3.65. The van der Waals surface area contributed by atoms with E-state index in [2.05, 4.69) is 0 Å². The van der Waals surface area contributed by atoms with Crippen molar-refractivity contribution in [2.75, 3.05) is 25.2 Å². The molecule has 3 atom stereocenters. The predicted molar refractivity (Wildman–Crippen MR) is 76.9 cm³/mol.